The Morgan fingerprint density at radius 2 is 2.27 bits per heavy atom. The minimum Gasteiger partial charge on any atom is -0.356 e. The van der Waals surface area contributed by atoms with Gasteiger partial charge in [-0.3, -0.25) is 9.67 Å². The molecular weight excluding hydrogens is 411 g/mol. The van der Waals surface area contributed by atoms with Crippen LogP contribution in [-0.4, -0.2) is 46.3 Å². The second-order valence-electron chi connectivity index (χ2n) is 4.96. The zero-order chi connectivity index (χ0) is 15.2. The number of nitrogens with one attached hydrogen (secondary N) is 1. The summed E-state index contributed by atoms with van der Waals surface area (Å²) in [7, 11) is 5.75. The van der Waals surface area contributed by atoms with Gasteiger partial charge in [0.25, 0.3) is 0 Å². The number of thiazole rings is 1. The molecule has 0 saturated carbocycles. The third kappa shape index (κ3) is 5.56. The molecule has 1 N–H and O–H groups in total. The Morgan fingerprint density at radius 1 is 1.50 bits per heavy atom. The van der Waals surface area contributed by atoms with E-state index in [0.29, 0.717) is 0 Å². The number of hydrogen-bond donors (Lipinski definition) is 1. The molecular formula is C14H23IN6S. The van der Waals surface area contributed by atoms with Crippen LogP contribution in [-0.2, 0) is 20.0 Å². The number of guanidine groups is 1. The van der Waals surface area contributed by atoms with Crippen molar-refractivity contribution in [2.45, 2.75) is 19.9 Å². The van der Waals surface area contributed by atoms with Gasteiger partial charge in [-0.15, -0.1) is 35.3 Å². The van der Waals surface area contributed by atoms with Crippen molar-refractivity contribution >= 4 is 41.3 Å². The Morgan fingerprint density at radius 3 is 2.82 bits per heavy atom. The quantitative estimate of drug-likeness (QED) is 0.445. The van der Waals surface area contributed by atoms with E-state index in [-0.39, 0.29) is 24.0 Å². The minimum atomic E-state index is 0. The molecule has 0 amide bonds. The highest BCUT2D eigenvalue weighted by atomic mass is 127. The van der Waals surface area contributed by atoms with Gasteiger partial charge in [0.2, 0.25) is 0 Å². The molecule has 122 valence electrons. The number of aryl methyl sites for hydroxylation is 2. The maximum absolute atomic E-state index is 4.48. The molecule has 0 spiro atoms. The van der Waals surface area contributed by atoms with Gasteiger partial charge in [-0.05, 0) is 18.9 Å². The first-order valence-electron chi connectivity index (χ1n) is 6.89. The Hall–Kier alpha value is -1.16. The molecule has 0 aliphatic heterocycles. The lowest BCUT2D eigenvalue weighted by Gasteiger charge is -2.21. The number of aliphatic imine (C=N–C) groups is 1. The molecule has 6 nitrogen and oxygen atoms in total. The summed E-state index contributed by atoms with van der Waals surface area (Å²) in [5.41, 5.74) is 2.30. The van der Waals surface area contributed by atoms with Crippen LogP contribution in [0.3, 0.4) is 0 Å². The average Bonchev–Trinajstić information content (AvgIpc) is 3.03. The number of nitrogens with zero attached hydrogens (tertiary/aromatic N) is 5. The first-order valence-corrected chi connectivity index (χ1v) is 7.76. The molecule has 0 radical (unpaired) electrons. The predicted octanol–water partition coefficient (Wildman–Crippen LogP) is 2.05. The topological polar surface area (TPSA) is 58.3 Å². The van der Waals surface area contributed by atoms with Crippen molar-refractivity contribution in [1.29, 1.82) is 0 Å². The first-order chi connectivity index (χ1) is 10.1. The Labute approximate surface area is 152 Å². The van der Waals surface area contributed by atoms with E-state index in [0.717, 1.165) is 36.2 Å². The summed E-state index contributed by atoms with van der Waals surface area (Å²) in [4.78, 5) is 10.9. The molecule has 2 heterocycles. The molecule has 0 bridgehead atoms. The van der Waals surface area contributed by atoms with Gasteiger partial charge in [0.05, 0.1) is 23.4 Å². The molecule has 0 unspecified atom stereocenters. The van der Waals surface area contributed by atoms with Gasteiger partial charge in [-0.25, -0.2) is 4.98 Å². The molecule has 2 aromatic heterocycles. The molecule has 8 heteroatoms. The zero-order valence-electron chi connectivity index (χ0n) is 13.4. The third-order valence-corrected chi connectivity index (χ3v) is 3.92. The second kappa shape index (κ2) is 9.09. The Balaban J connectivity index is 0.00000242. The van der Waals surface area contributed by atoms with E-state index in [1.807, 2.05) is 38.1 Å². The van der Waals surface area contributed by atoms with E-state index in [9.17, 15) is 0 Å². The van der Waals surface area contributed by atoms with Crippen molar-refractivity contribution in [3.8, 4) is 0 Å². The molecule has 2 rings (SSSR count). The lowest BCUT2D eigenvalue weighted by atomic mass is 10.2. The van der Waals surface area contributed by atoms with Crippen LogP contribution in [0.1, 0.15) is 16.3 Å². The first kappa shape index (κ1) is 18.9. The number of hydrogen-bond acceptors (Lipinski definition) is 4. The Bertz CT molecular complexity index is 606. The summed E-state index contributed by atoms with van der Waals surface area (Å²) in [6.07, 6.45) is 4.86. The van der Waals surface area contributed by atoms with Crippen molar-refractivity contribution < 1.29 is 0 Å². The highest BCUT2D eigenvalue weighted by Crippen LogP contribution is 2.09. The SMILES string of the molecule is CN=C(NCCc1cnn(C)c1)N(C)Cc1csc(C)n1.I. The normalized spacial score (nSPS) is 11.2. The van der Waals surface area contributed by atoms with Crippen LogP contribution in [0.25, 0.3) is 0 Å². The van der Waals surface area contributed by atoms with Crippen molar-refractivity contribution in [2.24, 2.45) is 12.0 Å². The van der Waals surface area contributed by atoms with Crippen LogP contribution in [0.15, 0.2) is 22.8 Å². The molecule has 0 aromatic carbocycles. The molecule has 0 aliphatic carbocycles. The fourth-order valence-electron chi connectivity index (χ4n) is 2.10. The van der Waals surface area contributed by atoms with Crippen molar-refractivity contribution in [1.82, 2.24) is 25.0 Å². The van der Waals surface area contributed by atoms with Crippen LogP contribution >= 0.6 is 35.3 Å². The van der Waals surface area contributed by atoms with E-state index in [2.05, 4.69) is 30.7 Å². The van der Waals surface area contributed by atoms with E-state index in [1.54, 1.807) is 18.4 Å². The van der Waals surface area contributed by atoms with Crippen LogP contribution in [0.4, 0.5) is 0 Å². The molecule has 2 aromatic rings. The summed E-state index contributed by atoms with van der Waals surface area (Å²) < 4.78 is 1.82. The smallest absolute Gasteiger partial charge is 0.193 e. The summed E-state index contributed by atoms with van der Waals surface area (Å²) in [6, 6.07) is 0. The summed E-state index contributed by atoms with van der Waals surface area (Å²) in [6.45, 7) is 3.62. The molecule has 0 fully saturated rings. The number of aromatic nitrogens is 3. The highest BCUT2D eigenvalue weighted by molar-refractivity contribution is 14.0. The van der Waals surface area contributed by atoms with Gasteiger partial charge < -0.3 is 10.2 Å². The van der Waals surface area contributed by atoms with Crippen LogP contribution in [0.2, 0.25) is 0 Å². The fraction of sp³-hybridized carbons (Fsp3) is 0.500. The average molecular weight is 434 g/mol. The second-order valence-corrected chi connectivity index (χ2v) is 6.02. The number of rotatable bonds is 5. The van der Waals surface area contributed by atoms with E-state index >= 15 is 0 Å². The van der Waals surface area contributed by atoms with Gasteiger partial charge in [0.1, 0.15) is 0 Å². The summed E-state index contributed by atoms with van der Waals surface area (Å²) >= 11 is 1.68. The molecule has 22 heavy (non-hydrogen) atoms. The monoisotopic (exact) mass is 434 g/mol. The van der Waals surface area contributed by atoms with Gasteiger partial charge in [0.15, 0.2) is 5.96 Å². The molecule has 0 aliphatic rings. The summed E-state index contributed by atoms with van der Waals surface area (Å²) in [5.74, 6) is 0.879. The van der Waals surface area contributed by atoms with Crippen LogP contribution in [0.5, 0.6) is 0 Å². The zero-order valence-corrected chi connectivity index (χ0v) is 16.6. The standard InChI is InChI=1S/C14H22N6S.HI/c1-11-18-13(10-21-11)9-19(3)14(15-2)16-6-5-12-7-17-20(4)8-12;/h7-8,10H,5-6,9H2,1-4H3,(H,15,16);1H. The van der Waals surface area contributed by atoms with E-state index in [1.165, 1.54) is 5.56 Å². The minimum absolute atomic E-state index is 0. The predicted molar refractivity (Wildman–Crippen MR) is 102 cm³/mol. The van der Waals surface area contributed by atoms with Gasteiger partial charge in [0, 0.05) is 39.3 Å². The number of halogens is 1. The highest BCUT2D eigenvalue weighted by Gasteiger charge is 2.08. The maximum atomic E-state index is 4.48. The van der Waals surface area contributed by atoms with Gasteiger partial charge in [-0.2, -0.15) is 5.10 Å². The van der Waals surface area contributed by atoms with Crippen molar-refractivity contribution in [2.75, 3.05) is 20.6 Å². The lowest BCUT2D eigenvalue weighted by molar-refractivity contribution is 0.471. The van der Waals surface area contributed by atoms with Crippen molar-refractivity contribution in [3.63, 3.8) is 0 Å². The fourth-order valence-corrected chi connectivity index (χ4v) is 2.71. The van der Waals surface area contributed by atoms with Gasteiger partial charge >= 0.3 is 0 Å². The van der Waals surface area contributed by atoms with Crippen molar-refractivity contribution in [3.05, 3.63) is 34.0 Å². The molecule has 0 saturated heterocycles. The van der Waals surface area contributed by atoms with E-state index in [4.69, 9.17) is 0 Å². The largest absolute Gasteiger partial charge is 0.356 e. The van der Waals surface area contributed by atoms with Crippen LogP contribution in [0, 0.1) is 6.92 Å². The third-order valence-electron chi connectivity index (χ3n) is 3.09. The van der Waals surface area contributed by atoms with Crippen LogP contribution < -0.4 is 5.32 Å². The van der Waals surface area contributed by atoms with Gasteiger partial charge in [-0.1, -0.05) is 0 Å². The maximum Gasteiger partial charge on any atom is 0.193 e. The lowest BCUT2D eigenvalue weighted by Crippen LogP contribution is -2.39. The Kier molecular flexibility index (Phi) is 7.80. The molecule has 0 atom stereocenters. The van der Waals surface area contributed by atoms with E-state index < -0.39 is 0 Å². The summed E-state index contributed by atoms with van der Waals surface area (Å²) in [5, 5.41) is 10.7.